The molecule has 0 unspecified atom stereocenters. The van der Waals surface area contributed by atoms with Gasteiger partial charge < -0.3 is 19.7 Å². The number of aliphatic hydroxyl groups is 2. The average molecular weight is 573 g/mol. The van der Waals surface area contributed by atoms with E-state index in [0.717, 1.165) is 0 Å². The first-order valence-electron chi connectivity index (χ1n) is 11.4. The quantitative estimate of drug-likeness (QED) is 0.413. The van der Waals surface area contributed by atoms with Crippen molar-refractivity contribution in [3.63, 3.8) is 0 Å². The Kier molecular flexibility index (Phi) is 7.14. The van der Waals surface area contributed by atoms with Crippen LogP contribution in [-0.2, 0) is 15.9 Å². The van der Waals surface area contributed by atoms with Gasteiger partial charge in [-0.1, -0.05) is 10.4 Å². The number of methoxy groups -OCH3 is 1. The Labute approximate surface area is 212 Å². The van der Waals surface area contributed by atoms with Gasteiger partial charge in [0.05, 0.1) is 35.1 Å². The minimum Gasteiger partial charge on any atom is -0.394 e. The molecule has 1 aliphatic carbocycles. The lowest BCUT2D eigenvalue weighted by atomic mass is 9.90. The molecule has 0 spiro atoms. The van der Waals surface area contributed by atoms with Crippen molar-refractivity contribution in [2.24, 2.45) is 0 Å². The fraction of sp³-hybridized carbons (Fsp3) is 0.545. The third-order valence-corrected chi connectivity index (χ3v) is 7.44. The van der Waals surface area contributed by atoms with E-state index >= 15 is 0 Å². The van der Waals surface area contributed by atoms with Crippen molar-refractivity contribution >= 4 is 15.9 Å². The summed E-state index contributed by atoms with van der Waals surface area (Å²) in [6.07, 6.45) is -0.274. The van der Waals surface area contributed by atoms with Crippen LogP contribution in [0.4, 0.5) is 13.2 Å². The zero-order chi connectivity index (χ0) is 25.6. The molecule has 14 heteroatoms. The summed E-state index contributed by atoms with van der Waals surface area (Å²) < 4.78 is 56.7. The first-order valence-corrected chi connectivity index (χ1v) is 12.2. The standard InChI is InChI=1S/C22H24BrF3N6O4/c1-35-22-16(6-10-7-31(29-27-10)15-5-4-13(15)24)36-17(9-33)21(34)20(22)32-8-14(28-30-32)11-2-3-12(23)19(26)18(11)25/h2-3,7-8,13,15-17,20-22,33-34H,4-6,9H2,1H3/t13-,15+,16+,17+,20-,21-,22-/m0/s1. The lowest BCUT2D eigenvalue weighted by molar-refractivity contribution is -0.212. The molecule has 194 valence electrons. The third kappa shape index (κ3) is 4.45. The predicted molar refractivity (Wildman–Crippen MR) is 122 cm³/mol. The normalized spacial score (nSPS) is 30.4. The lowest BCUT2D eigenvalue weighted by Gasteiger charge is -2.43. The molecule has 2 aromatic heterocycles. The van der Waals surface area contributed by atoms with Gasteiger partial charge in [-0.05, 0) is 40.9 Å². The molecule has 0 radical (unpaired) electrons. The molecule has 2 N–H and O–H groups in total. The first-order chi connectivity index (χ1) is 17.3. The summed E-state index contributed by atoms with van der Waals surface area (Å²) in [5, 5.41) is 37.0. The molecule has 1 saturated carbocycles. The molecule has 1 aromatic carbocycles. The Morgan fingerprint density at radius 2 is 1.89 bits per heavy atom. The highest BCUT2D eigenvalue weighted by Gasteiger charge is 2.47. The Morgan fingerprint density at radius 1 is 1.11 bits per heavy atom. The fourth-order valence-corrected chi connectivity index (χ4v) is 5.02. The van der Waals surface area contributed by atoms with Gasteiger partial charge in [0.2, 0.25) is 0 Å². The summed E-state index contributed by atoms with van der Waals surface area (Å²) in [7, 11) is 1.43. The highest BCUT2D eigenvalue weighted by atomic mass is 79.9. The number of aliphatic hydroxyl groups excluding tert-OH is 2. The number of halogens is 4. The minimum atomic E-state index is -1.25. The zero-order valence-corrected chi connectivity index (χ0v) is 20.7. The molecule has 1 saturated heterocycles. The number of nitrogens with zero attached hydrogens (tertiary/aromatic N) is 6. The monoisotopic (exact) mass is 572 g/mol. The van der Waals surface area contributed by atoms with E-state index in [1.165, 1.54) is 34.8 Å². The maximum atomic E-state index is 14.5. The predicted octanol–water partition coefficient (Wildman–Crippen LogP) is 2.17. The molecule has 2 aliphatic rings. The maximum absolute atomic E-state index is 14.5. The topological polar surface area (TPSA) is 120 Å². The molecule has 0 bridgehead atoms. The summed E-state index contributed by atoms with van der Waals surface area (Å²) in [4.78, 5) is 0. The first kappa shape index (κ1) is 25.3. The van der Waals surface area contributed by atoms with Gasteiger partial charge in [-0.2, -0.15) is 0 Å². The maximum Gasteiger partial charge on any atom is 0.173 e. The van der Waals surface area contributed by atoms with Crippen molar-refractivity contribution < 1.29 is 32.9 Å². The number of benzene rings is 1. The second-order valence-corrected chi connectivity index (χ2v) is 9.79. The van der Waals surface area contributed by atoms with E-state index in [4.69, 9.17) is 9.47 Å². The van der Waals surface area contributed by atoms with E-state index in [1.807, 2.05) is 0 Å². The van der Waals surface area contributed by atoms with Crippen LogP contribution in [0, 0.1) is 11.6 Å². The van der Waals surface area contributed by atoms with Gasteiger partial charge in [0.15, 0.2) is 11.6 Å². The van der Waals surface area contributed by atoms with E-state index in [-0.39, 0.29) is 28.2 Å². The van der Waals surface area contributed by atoms with Gasteiger partial charge in [-0.25, -0.2) is 22.5 Å². The van der Waals surface area contributed by atoms with Gasteiger partial charge in [0.25, 0.3) is 0 Å². The third-order valence-electron chi connectivity index (χ3n) is 6.83. The molecule has 36 heavy (non-hydrogen) atoms. The summed E-state index contributed by atoms with van der Waals surface area (Å²) in [5.74, 6) is -2.15. The van der Waals surface area contributed by atoms with Gasteiger partial charge >= 0.3 is 0 Å². The summed E-state index contributed by atoms with van der Waals surface area (Å²) in [5.41, 5.74) is 0.472. The van der Waals surface area contributed by atoms with Crippen LogP contribution >= 0.6 is 15.9 Å². The molecule has 2 fully saturated rings. The van der Waals surface area contributed by atoms with E-state index in [0.29, 0.717) is 18.5 Å². The summed E-state index contributed by atoms with van der Waals surface area (Å²) >= 11 is 2.94. The van der Waals surface area contributed by atoms with E-state index in [9.17, 15) is 23.4 Å². The molecule has 7 atom stereocenters. The largest absolute Gasteiger partial charge is 0.394 e. The Balaban J connectivity index is 1.42. The highest BCUT2D eigenvalue weighted by molar-refractivity contribution is 9.10. The lowest BCUT2D eigenvalue weighted by Crippen LogP contribution is -2.57. The Morgan fingerprint density at radius 3 is 2.56 bits per heavy atom. The van der Waals surface area contributed by atoms with Gasteiger partial charge in [0.1, 0.15) is 36.2 Å². The SMILES string of the molecule is CO[C@@H]1[C@@H](n2cc(-c3ccc(Br)c(F)c3F)nn2)[C@@H](O)[C@@H](CO)O[C@@H]1Cc1cn([C@@H]2CC[C@@H]2F)nn1. The summed E-state index contributed by atoms with van der Waals surface area (Å²) in [6.45, 7) is -0.489. The second kappa shape index (κ2) is 10.2. The van der Waals surface area contributed by atoms with Crippen molar-refractivity contribution in [3.8, 4) is 11.3 Å². The minimum absolute atomic E-state index is 0.0275. The van der Waals surface area contributed by atoms with Crippen LogP contribution in [0.15, 0.2) is 29.0 Å². The van der Waals surface area contributed by atoms with Gasteiger partial charge in [-0.3, -0.25) is 0 Å². The van der Waals surface area contributed by atoms with Crippen LogP contribution in [0.2, 0.25) is 0 Å². The molecule has 1 aliphatic heterocycles. The number of hydrogen-bond acceptors (Lipinski definition) is 8. The molecule has 0 amide bonds. The molecule has 10 nitrogen and oxygen atoms in total. The van der Waals surface area contributed by atoms with Crippen molar-refractivity contribution in [2.75, 3.05) is 13.7 Å². The fourth-order valence-electron chi connectivity index (χ4n) is 4.71. The van der Waals surface area contributed by atoms with E-state index in [2.05, 4.69) is 36.6 Å². The smallest absolute Gasteiger partial charge is 0.173 e. The molecule has 5 rings (SSSR count). The average Bonchev–Trinajstić information content (AvgIpc) is 3.52. The highest BCUT2D eigenvalue weighted by Crippen LogP contribution is 2.36. The number of alkyl halides is 1. The van der Waals surface area contributed by atoms with Crippen LogP contribution in [0.1, 0.15) is 30.6 Å². The zero-order valence-electron chi connectivity index (χ0n) is 19.1. The van der Waals surface area contributed by atoms with Crippen LogP contribution in [0.25, 0.3) is 11.3 Å². The van der Waals surface area contributed by atoms with Gasteiger partial charge in [-0.15, -0.1) is 10.2 Å². The molecular weight excluding hydrogens is 549 g/mol. The Bertz CT molecular complexity index is 1230. The van der Waals surface area contributed by atoms with Crippen molar-refractivity contribution in [2.45, 2.75) is 61.9 Å². The number of rotatable bonds is 7. The number of ether oxygens (including phenoxy) is 2. The second-order valence-electron chi connectivity index (χ2n) is 8.94. The van der Waals surface area contributed by atoms with Crippen LogP contribution in [0.5, 0.6) is 0 Å². The van der Waals surface area contributed by atoms with Crippen LogP contribution in [-0.4, -0.2) is 84.5 Å². The van der Waals surface area contributed by atoms with Crippen molar-refractivity contribution in [3.05, 3.63) is 46.3 Å². The molecule has 3 heterocycles. The molecular formula is C22H24BrF3N6O4. The van der Waals surface area contributed by atoms with Crippen molar-refractivity contribution in [1.29, 1.82) is 0 Å². The van der Waals surface area contributed by atoms with Gasteiger partial charge in [0, 0.05) is 25.3 Å². The van der Waals surface area contributed by atoms with Crippen LogP contribution in [0.3, 0.4) is 0 Å². The number of hydrogen-bond donors (Lipinski definition) is 2. The summed E-state index contributed by atoms with van der Waals surface area (Å²) in [6, 6.07) is 1.49. The van der Waals surface area contributed by atoms with Crippen molar-refractivity contribution in [1.82, 2.24) is 30.0 Å². The van der Waals surface area contributed by atoms with E-state index in [1.54, 1.807) is 6.20 Å². The Hall–Kier alpha value is -2.39. The number of aromatic nitrogens is 6. The van der Waals surface area contributed by atoms with Crippen LogP contribution < -0.4 is 0 Å². The molecule has 3 aromatic rings. The van der Waals surface area contributed by atoms with E-state index < -0.39 is 54.9 Å².